The minimum atomic E-state index is -1.21. The van der Waals surface area contributed by atoms with Gasteiger partial charge in [-0.1, -0.05) is 60.7 Å². The minimum Gasteiger partial charge on any atom is -0.497 e. The summed E-state index contributed by atoms with van der Waals surface area (Å²) in [4.78, 5) is 21.7. The third kappa shape index (κ3) is 5.16. The van der Waals surface area contributed by atoms with Crippen LogP contribution >= 0.6 is 0 Å². The van der Waals surface area contributed by atoms with Crippen LogP contribution < -0.4 is 14.4 Å². The van der Waals surface area contributed by atoms with E-state index in [2.05, 4.69) is 6.07 Å². The van der Waals surface area contributed by atoms with E-state index in [-0.39, 0.29) is 12.5 Å². The minimum absolute atomic E-state index is 0.0783. The zero-order chi connectivity index (χ0) is 28.2. The highest BCUT2D eigenvalue weighted by Gasteiger charge is 2.57. The molecule has 1 amide bonds. The van der Waals surface area contributed by atoms with Gasteiger partial charge in [0.05, 0.1) is 20.3 Å². The third-order valence-electron chi connectivity index (χ3n) is 7.57. The largest absolute Gasteiger partial charge is 0.497 e. The molecule has 0 saturated carbocycles. The lowest BCUT2D eigenvalue weighted by atomic mass is 9.78. The van der Waals surface area contributed by atoms with Gasteiger partial charge in [-0.05, 0) is 59.2 Å². The fraction of sp³-hybridized carbons (Fsp3) is 0.235. The molecule has 0 unspecified atom stereocenters. The first-order chi connectivity index (χ1) is 20.1. The number of aliphatic hydroxyl groups is 1. The molecule has 1 spiro atoms. The van der Waals surface area contributed by atoms with Gasteiger partial charge in [-0.2, -0.15) is 0 Å². The summed E-state index contributed by atoms with van der Waals surface area (Å²) >= 11 is 0. The predicted octanol–water partition coefficient (Wildman–Crippen LogP) is 5.50. The Hall–Kier alpha value is -4.62. The average Bonchev–Trinajstić information content (AvgIpc) is 3.40. The molecule has 2 heterocycles. The lowest BCUT2D eigenvalue weighted by Gasteiger charge is -2.41. The number of para-hydroxylation sites is 1. The van der Waals surface area contributed by atoms with Crippen LogP contribution in [0.3, 0.4) is 0 Å². The van der Waals surface area contributed by atoms with Crippen molar-refractivity contribution in [3.8, 4) is 11.5 Å². The summed E-state index contributed by atoms with van der Waals surface area (Å²) in [5.74, 6) is 1.68. The van der Waals surface area contributed by atoms with Crippen molar-refractivity contribution >= 4 is 17.5 Å². The Morgan fingerprint density at radius 3 is 2.51 bits per heavy atom. The summed E-state index contributed by atoms with van der Waals surface area (Å²) in [5.41, 5.74) is 3.33. The number of hydrogen-bond acceptors (Lipinski definition) is 6. The van der Waals surface area contributed by atoms with Crippen LogP contribution in [0.5, 0.6) is 11.5 Å². The Balaban J connectivity index is 1.44. The van der Waals surface area contributed by atoms with Crippen LogP contribution in [-0.2, 0) is 22.5 Å². The molecule has 41 heavy (non-hydrogen) atoms. The summed E-state index contributed by atoms with van der Waals surface area (Å²) in [6.45, 7) is 0.933. The second-order valence-electron chi connectivity index (χ2n) is 10.2. The summed E-state index contributed by atoms with van der Waals surface area (Å²) in [6.07, 6.45) is 0.305. The number of rotatable bonds is 9. The first-order valence-electron chi connectivity index (χ1n) is 13.8. The number of benzene rings is 4. The first-order valence-corrected chi connectivity index (χ1v) is 13.8. The quantitative estimate of drug-likeness (QED) is 0.279. The van der Waals surface area contributed by atoms with Crippen LogP contribution in [0.2, 0.25) is 0 Å². The second-order valence-corrected chi connectivity index (χ2v) is 10.2. The summed E-state index contributed by atoms with van der Waals surface area (Å²) in [6, 6.07) is 33.2. The highest BCUT2D eigenvalue weighted by atomic mass is 16.5. The number of nitrogens with zero attached hydrogens (tertiary/aromatic N) is 2. The van der Waals surface area contributed by atoms with Crippen LogP contribution in [0.4, 0.5) is 5.69 Å². The normalized spacial score (nSPS) is 19.5. The maximum atomic E-state index is 14.7. The fourth-order valence-corrected chi connectivity index (χ4v) is 5.55. The molecule has 2 aliphatic rings. The van der Waals surface area contributed by atoms with Gasteiger partial charge in [-0.15, -0.1) is 0 Å². The van der Waals surface area contributed by atoms with Crippen molar-refractivity contribution < 1.29 is 24.1 Å². The molecule has 0 radical (unpaired) electrons. The van der Waals surface area contributed by atoms with E-state index in [0.717, 1.165) is 27.9 Å². The Labute approximate surface area is 239 Å². The number of ether oxygens (including phenoxy) is 3. The highest BCUT2D eigenvalue weighted by Crippen LogP contribution is 2.48. The molecular formula is C34H32N2O5. The van der Waals surface area contributed by atoms with Crippen LogP contribution in [0.1, 0.15) is 34.8 Å². The van der Waals surface area contributed by atoms with E-state index in [9.17, 15) is 4.79 Å². The molecule has 208 valence electrons. The summed E-state index contributed by atoms with van der Waals surface area (Å²) in [5, 5.41) is 9.04. The van der Waals surface area contributed by atoms with E-state index in [1.807, 2.05) is 102 Å². The van der Waals surface area contributed by atoms with Gasteiger partial charge in [0.15, 0.2) is 11.6 Å². The zero-order valence-corrected chi connectivity index (χ0v) is 22.9. The lowest BCUT2D eigenvalue weighted by Crippen LogP contribution is -2.54. The highest BCUT2D eigenvalue weighted by molar-refractivity contribution is 6.08. The van der Waals surface area contributed by atoms with E-state index < -0.39 is 11.6 Å². The smallest absolute Gasteiger partial charge is 0.259 e. The topological polar surface area (TPSA) is 80.6 Å². The summed E-state index contributed by atoms with van der Waals surface area (Å²) in [7, 11) is 1.63. The number of fused-ring (bicyclic) bond motifs is 1. The molecule has 0 aromatic heterocycles. The monoisotopic (exact) mass is 548 g/mol. The maximum absolute atomic E-state index is 14.7. The van der Waals surface area contributed by atoms with Crippen LogP contribution in [0.15, 0.2) is 108 Å². The van der Waals surface area contributed by atoms with Crippen molar-refractivity contribution in [2.24, 2.45) is 4.99 Å². The van der Waals surface area contributed by atoms with Crippen molar-refractivity contribution in [3.05, 3.63) is 125 Å². The Morgan fingerprint density at radius 2 is 1.73 bits per heavy atom. The average molecular weight is 549 g/mol. The van der Waals surface area contributed by atoms with Crippen molar-refractivity contribution in [2.45, 2.75) is 31.0 Å². The SMILES string of the molecule is COc1cccc([C@@H]2OC(c3ccc(OCCCO)cc3)=N[C@@]23Cc2ccccc2N(Cc2ccccc2)C3=O)c1. The molecule has 2 aliphatic heterocycles. The third-order valence-corrected chi connectivity index (χ3v) is 7.57. The van der Waals surface area contributed by atoms with Crippen molar-refractivity contribution in [1.29, 1.82) is 0 Å². The van der Waals surface area contributed by atoms with E-state index >= 15 is 0 Å². The molecule has 0 bridgehead atoms. The first kappa shape index (κ1) is 26.6. The number of amides is 1. The van der Waals surface area contributed by atoms with E-state index in [0.29, 0.717) is 43.4 Å². The number of carbonyl (C=O) groups excluding carboxylic acids is 1. The molecule has 6 rings (SSSR count). The number of anilines is 1. The molecule has 7 nitrogen and oxygen atoms in total. The Kier molecular flexibility index (Phi) is 7.44. The van der Waals surface area contributed by atoms with E-state index in [1.54, 1.807) is 7.11 Å². The molecule has 1 N–H and O–H groups in total. The number of methoxy groups -OCH3 is 1. The molecule has 4 aromatic rings. The fourth-order valence-electron chi connectivity index (χ4n) is 5.55. The van der Waals surface area contributed by atoms with E-state index in [1.165, 1.54) is 0 Å². The van der Waals surface area contributed by atoms with Crippen LogP contribution in [-0.4, -0.2) is 42.8 Å². The van der Waals surface area contributed by atoms with Crippen molar-refractivity contribution in [3.63, 3.8) is 0 Å². The van der Waals surface area contributed by atoms with E-state index in [4.69, 9.17) is 24.3 Å². The molecular weight excluding hydrogens is 516 g/mol. The van der Waals surface area contributed by atoms with Gasteiger partial charge < -0.3 is 24.2 Å². The molecule has 0 fully saturated rings. The molecule has 2 atom stereocenters. The van der Waals surface area contributed by atoms with Crippen molar-refractivity contribution in [2.75, 3.05) is 25.2 Å². The lowest BCUT2D eigenvalue weighted by molar-refractivity contribution is -0.127. The number of hydrogen-bond donors (Lipinski definition) is 1. The van der Waals surface area contributed by atoms with Gasteiger partial charge in [0.25, 0.3) is 5.91 Å². The zero-order valence-electron chi connectivity index (χ0n) is 22.9. The number of carbonyl (C=O) groups is 1. The van der Waals surface area contributed by atoms with Crippen LogP contribution in [0, 0.1) is 0 Å². The predicted molar refractivity (Wildman–Crippen MR) is 158 cm³/mol. The van der Waals surface area contributed by atoms with Gasteiger partial charge in [0, 0.05) is 30.7 Å². The maximum Gasteiger partial charge on any atom is 0.259 e. The second kappa shape index (κ2) is 11.5. The van der Waals surface area contributed by atoms with Gasteiger partial charge >= 0.3 is 0 Å². The summed E-state index contributed by atoms with van der Waals surface area (Å²) < 4.78 is 17.8. The molecule has 7 heteroatoms. The molecule has 0 saturated heterocycles. The van der Waals surface area contributed by atoms with Crippen molar-refractivity contribution in [1.82, 2.24) is 0 Å². The van der Waals surface area contributed by atoms with Crippen LogP contribution in [0.25, 0.3) is 0 Å². The number of aliphatic hydroxyl groups excluding tert-OH is 1. The number of aliphatic imine (C=N–C) groups is 1. The van der Waals surface area contributed by atoms with Gasteiger partial charge in [0.2, 0.25) is 5.90 Å². The molecule has 0 aliphatic carbocycles. The van der Waals surface area contributed by atoms with Gasteiger partial charge in [-0.3, -0.25) is 4.79 Å². The Morgan fingerprint density at radius 1 is 0.951 bits per heavy atom. The Bertz CT molecular complexity index is 1550. The standard InChI is InChI=1S/C34H32N2O5/c1-39-29-13-7-12-26(21-29)31-34(35-32(41-31)25-15-17-28(18-16-25)40-20-8-19-37)22-27-11-5-6-14-30(27)36(33(34)38)23-24-9-3-2-4-10-24/h2-7,9-18,21,31,37H,8,19-20,22-23H2,1H3/t31-,34-/m0/s1. The van der Waals surface area contributed by atoms with Gasteiger partial charge in [0.1, 0.15) is 11.5 Å². The molecule has 4 aromatic carbocycles. The van der Waals surface area contributed by atoms with Gasteiger partial charge in [-0.25, -0.2) is 4.99 Å².